The van der Waals surface area contributed by atoms with Crippen molar-refractivity contribution in [1.29, 1.82) is 0 Å². The van der Waals surface area contributed by atoms with E-state index >= 15 is 0 Å². The van der Waals surface area contributed by atoms with Crippen molar-refractivity contribution in [3.05, 3.63) is 29.5 Å². The monoisotopic (exact) mass is 369 g/mol. The quantitative estimate of drug-likeness (QED) is 0.832. The van der Waals surface area contributed by atoms with Gasteiger partial charge in [0, 0.05) is 49.2 Å². The van der Waals surface area contributed by atoms with Crippen LogP contribution in [0, 0.1) is 25.2 Å². The van der Waals surface area contributed by atoms with Crippen molar-refractivity contribution < 1.29 is 4.79 Å². The predicted octanol–water partition coefficient (Wildman–Crippen LogP) is 3.32. The van der Waals surface area contributed by atoms with Gasteiger partial charge in [0.1, 0.15) is 0 Å². The largest absolute Gasteiger partial charge is 0.342 e. The lowest BCUT2D eigenvalue weighted by Crippen LogP contribution is -2.44. The zero-order chi connectivity index (χ0) is 19.8. The van der Waals surface area contributed by atoms with Crippen LogP contribution in [0.1, 0.15) is 50.7 Å². The van der Waals surface area contributed by atoms with Gasteiger partial charge in [-0.2, -0.15) is 5.10 Å². The van der Waals surface area contributed by atoms with Gasteiger partial charge < -0.3 is 4.90 Å². The first-order valence-electron chi connectivity index (χ1n) is 9.78. The zero-order valence-corrected chi connectivity index (χ0v) is 17.4. The summed E-state index contributed by atoms with van der Waals surface area (Å²) < 4.78 is 1.90. The number of likely N-dealkylation sites (tertiary alicyclic amines) is 1. The second-order valence-corrected chi connectivity index (χ2v) is 8.71. The third-order valence-electron chi connectivity index (χ3n) is 5.55. The molecule has 0 N–H and O–H groups in total. The van der Waals surface area contributed by atoms with Crippen LogP contribution in [0.3, 0.4) is 0 Å². The fourth-order valence-corrected chi connectivity index (χ4v) is 3.93. The summed E-state index contributed by atoms with van der Waals surface area (Å²) in [5, 5.41) is 4.53. The number of amides is 1. The summed E-state index contributed by atoms with van der Waals surface area (Å²) in [7, 11) is 1.96. The lowest BCUT2D eigenvalue weighted by molar-refractivity contribution is -0.140. The summed E-state index contributed by atoms with van der Waals surface area (Å²) in [6.07, 6.45) is 6.47. The van der Waals surface area contributed by atoms with Crippen LogP contribution in [-0.2, 0) is 18.3 Å². The van der Waals surface area contributed by atoms with Crippen molar-refractivity contribution in [1.82, 2.24) is 24.6 Å². The molecule has 0 saturated carbocycles. The molecule has 0 aliphatic carbocycles. The van der Waals surface area contributed by atoms with Crippen molar-refractivity contribution in [2.24, 2.45) is 18.4 Å². The van der Waals surface area contributed by atoms with Gasteiger partial charge >= 0.3 is 0 Å². The average molecular weight is 370 g/mol. The summed E-state index contributed by atoms with van der Waals surface area (Å²) >= 11 is 0. The summed E-state index contributed by atoms with van der Waals surface area (Å²) in [4.78, 5) is 23.8. The molecular weight excluding hydrogens is 338 g/mol. The van der Waals surface area contributed by atoms with E-state index in [2.05, 4.69) is 22.0 Å². The van der Waals surface area contributed by atoms with Gasteiger partial charge in [0.05, 0.1) is 17.1 Å². The molecule has 0 bridgehead atoms. The average Bonchev–Trinajstić information content (AvgIpc) is 2.87. The van der Waals surface area contributed by atoms with Crippen LogP contribution in [0.5, 0.6) is 0 Å². The summed E-state index contributed by atoms with van der Waals surface area (Å²) in [5.41, 5.74) is 4.88. The maximum atomic E-state index is 12.5. The maximum absolute atomic E-state index is 12.5. The molecular formula is C21H31N5O. The minimum Gasteiger partial charge on any atom is -0.342 e. The van der Waals surface area contributed by atoms with Crippen LogP contribution in [0.15, 0.2) is 12.4 Å². The Labute approximate surface area is 162 Å². The molecule has 2 aromatic rings. The Kier molecular flexibility index (Phi) is 5.36. The number of hydrogen-bond acceptors (Lipinski definition) is 4. The van der Waals surface area contributed by atoms with Crippen LogP contribution in [0.2, 0.25) is 0 Å². The summed E-state index contributed by atoms with van der Waals surface area (Å²) in [5.74, 6) is 0.782. The van der Waals surface area contributed by atoms with Crippen molar-refractivity contribution in [2.75, 3.05) is 13.1 Å². The van der Waals surface area contributed by atoms with Crippen LogP contribution in [0.25, 0.3) is 11.3 Å². The van der Waals surface area contributed by atoms with Gasteiger partial charge in [0.25, 0.3) is 0 Å². The predicted molar refractivity (Wildman–Crippen MR) is 106 cm³/mol. The Morgan fingerprint density at radius 2 is 1.78 bits per heavy atom. The molecule has 146 valence electrons. The van der Waals surface area contributed by atoms with Crippen LogP contribution in [-0.4, -0.2) is 43.6 Å². The molecule has 1 aliphatic heterocycles. The molecule has 6 heteroatoms. The first kappa shape index (κ1) is 19.5. The van der Waals surface area contributed by atoms with Crippen molar-refractivity contribution in [3.63, 3.8) is 0 Å². The third kappa shape index (κ3) is 4.04. The second-order valence-electron chi connectivity index (χ2n) is 8.71. The molecule has 1 saturated heterocycles. The van der Waals surface area contributed by atoms with E-state index in [1.54, 1.807) is 12.4 Å². The number of hydrogen-bond donors (Lipinski definition) is 0. The molecule has 0 radical (unpaired) electrons. The first-order chi connectivity index (χ1) is 12.7. The van der Waals surface area contributed by atoms with Crippen LogP contribution >= 0.6 is 0 Å². The molecule has 0 unspecified atom stereocenters. The van der Waals surface area contributed by atoms with Gasteiger partial charge in [0.15, 0.2) is 0 Å². The highest BCUT2D eigenvalue weighted by atomic mass is 16.2. The minimum absolute atomic E-state index is 0.253. The molecule has 3 heterocycles. The van der Waals surface area contributed by atoms with Crippen molar-refractivity contribution >= 4 is 5.91 Å². The zero-order valence-electron chi connectivity index (χ0n) is 17.4. The van der Waals surface area contributed by atoms with Gasteiger partial charge in [-0.1, -0.05) is 20.8 Å². The lowest BCUT2D eigenvalue weighted by atomic mass is 9.88. The molecule has 1 aliphatic rings. The van der Waals surface area contributed by atoms with Gasteiger partial charge in [0.2, 0.25) is 5.91 Å². The fraction of sp³-hybridized carbons (Fsp3) is 0.619. The van der Waals surface area contributed by atoms with Crippen molar-refractivity contribution in [2.45, 2.75) is 53.9 Å². The van der Waals surface area contributed by atoms with E-state index in [1.807, 2.05) is 44.3 Å². The minimum atomic E-state index is -0.305. The van der Waals surface area contributed by atoms with E-state index in [4.69, 9.17) is 0 Å². The smallest absolute Gasteiger partial charge is 0.227 e. The summed E-state index contributed by atoms with van der Waals surface area (Å²) in [6, 6.07) is 0. The molecule has 1 amide bonds. The standard InChI is InChI=1S/C21H31N5O/c1-14-18(15(2)25(6)24-14)19-17(22-9-10-23-19)13-16-7-11-26(12-8-16)20(27)21(3,4)5/h9-10,16H,7-8,11-13H2,1-6H3. The van der Waals surface area contributed by atoms with Gasteiger partial charge in [-0.25, -0.2) is 0 Å². The van der Waals surface area contributed by atoms with Gasteiger partial charge in [-0.05, 0) is 39.0 Å². The number of piperidine rings is 1. The van der Waals surface area contributed by atoms with Crippen LogP contribution < -0.4 is 0 Å². The molecule has 27 heavy (non-hydrogen) atoms. The number of carbonyl (C=O) groups is 1. The van der Waals surface area contributed by atoms with E-state index < -0.39 is 0 Å². The van der Waals surface area contributed by atoms with Gasteiger partial charge in [-0.3, -0.25) is 19.4 Å². The van der Waals surface area contributed by atoms with E-state index in [1.165, 1.54) is 0 Å². The molecule has 6 nitrogen and oxygen atoms in total. The molecule has 3 rings (SSSR count). The molecule has 1 fully saturated rings. The van der Waals surface area contributed by atoms with E-state index in [-0.39, 0.29) is 11.3 Å². The Bertz CT molecular complexity index is 826. The molecule has 0 atom stereocenters. The second kappa shape index (κ2) is 7.41. The number of carbonyl (C=O) groups excluding carboxylic acids is 1. The van der Waals surface area contributed by atoms with E-state index in [9.17, 15) is 4.79 Å². The van der Waals surface area contributed by atoms with Gasteiger partial charge in [-0.15, -0.1) is 0 Å². The number of rotatable bonds is 3. The number of aromatic nitrogens is 4. The van der Waals surface area contributed by atoms with Crippen LogP contribution in [0.4, 0.5) is 0 Å². The molecule has 0 spiro atoms. The van der Waals surface area contributed by atoms with Crippen molar-refractivity contribution in [3.8, 4) is 11.3 Å². The number of aryl methyl sites for hydroxylation is 2. The highest BCUT2D eigenvalue weighted by molar-refractivity contribution is 5.81. The van der Waals surface area contributed by atoms with E-state index in [0.717, 1.165) is 60.7 Å². The Morgan fingerprint density at radius 3 is 2.33 bits per heavy atom. The highest BCUT2D eigenvalue weighted by Gasteiger charge is 2.31. The Balaban J connectivity index is 1.74. The Morgan fingerprint density at radius 1 is 1.15 bits per heavy atom. The first-order valence-corrected chi connectivity index (χ1v) is 9.78. The molecule has 2 aromatic heterocycles. The Hall–Kier alpha value is -2.24. The third-order valence-corrected chi connectivity index (χ3v) is 5.55. The normalized spacial score (nSPS) is 16.0. The topological polar surface area (TPSA) is 63.9 Å². The highest BCUT2D eigenvalue weighted by Crippen LogP contribution is 2.30. The fourth-order valence-electron chi connectivity index (χ4n) is 3.93. The lowest BCUT2D eigenvalue weighted by Gasteiger charge is -2.35. The SMILES string of the molecule is Cc1nn(C)c(C)c1-c1nccnc1CC1CCN(C(=O)C(C)(C)C)CC1. The molecule has 0 aromatic carbocycles. The summed E-state index contributed by atoms with van der Waals surface area (Å²) in [6.45, 7) is 11.7. The van der Waals surface area contributed by atoms with E-state index in [0.29, 0.717) is 5.92 Å². The maximum Gasteiger partial charge on any atom is 0.227 e. The number of nitrogens with zero attached hydrogens (tertiary/aromatic N) is 5.